The van der Waals surface area contributed by atoms with Crippen molar-refractivity contribution in [3.05, 3.63) is 155 Å². The minimum Gasteiger partial charge on any atom is -0.0890 e. The quantitative estimate of drug-likeness (QED) is 0.249. The summed E-state index contributed by atoms with van der Waals surface area (Å²) in [6.45, 7) is 0. The molecule has 5 aromatic rings. The predicted octanol–water partition coefficient (Wildman–Crippen LogP) is 7.48. The second-order valence-electron chi connectivity index (χ2n) is 9.52. The number of hydrogen-bond acceptors (Lipinski definition) is 0. The molecule has 162 valence electrons. The summed E-state index contributed by atoms with van der Waals surface area (Å²) in [5.74, 6) is 0.526. The second kappa shape index (κ2) is 7.99. The van der Waals surface area contributed by atoms with Crippen LogP contribution >= 0.6 is 0 Å². The molecule has 0 amide bonds. The van der Waals surface area contributed by atoms with Crippen LogP contribution in [0.5, 0.6) is 0 Å². The van der Waals surface area contributed by atoms with E-state index in [0.717, 1.165) is 10.8 Å². The van der Waals surface area contributed by atoms with Gasteiger partial charge in [-0.2, -0.15) is 0 Å². The highest BCUT2D eigenvalue weighted by Crippen LogP contribution is 2.51. The van der Waals surface area contributed by atoms with Crippen LogP contribution in [0, 0.1) is 5.92 Å². The highest BCUT2D eigenvalue weighted by Gasteiger charge is 2.35. The maximum Gasteiger partial charge on any atom is 0.114 e. The van der Waals surface area contributed by atoms with Gasteiger partial charge in [0.25, 0.3) is 0 Å². The van der Waals surface area contributed by atoms with E-state index < -0.39 is 0 Å². The van der Waals surface area contributed by atoms with Crippen molar-refractivity contribution in [1.29, 1.82) is 0 Å². The van der Waals surface area contributed by atoms with Crippen LogP contribution in [0.2, 0.25) is 0 Å². The molecule has 7 rings (SSSR count). The Morgan fingerprint density at radius 2 is 1.37 bits per heavy atom. The first-order chi connectivity index (χ1) is 17.3. The average molecular weight is 442 g/mol. The molecule has 0 nitrogen and oxygen atoms in total. The summed E-state index contributed by atoms with van der Waals surface area (Å²) in [5, 5.41) is 4.89. The molecule has 0 saturated heterocycles. The van der Waals surface area contributed by atoms with Crippen LogP contribution < -0.4 is 5.46 Å². The van der Waals surface area contributed by atoms with Crippen molar-refractivity contribution in [2.75, 3.05) is 0 Å². The number of allylic oxidation sites excluding steroid dienone is 5. The lowest BCUT2D eigenvalue weighted by Crippen LogP contribution is -2.23. The summed E-state index contributed by atoms with van der Waals surface area (Å²) < 4.78 is 0. The third-order valence-corrected chi connectivity index (χ3v) is 7.64. The molecular formula is C34H23B. The van der Waals surface area contributed by atoms with E-state index in [1.54, 1.807) is 0 Å². The highest BCUT2D eigenvalue weighted by molar-refractivity contribution is 6.39. The Kier molecular flexibility index (Phi) is 4.64. The maximum absolute atomic E-state index is 6.38. The molecule has 2 aliphatic rings. The Hall–Kier alpha value is -4.10. The average Bonchev–Trinajstić information content (AvgIpc) is 2.91. The van der Waals surface area contributed by atoms with E-state index in [9.17, 15) is 0 Å². The number of benzene rings is 5. The van der Waals surface area contributed by atoms with Crippen LogP contribution in [0.25, 0.3) is 27.1 Å². The molecule has 0 bridgehead atoms. The van der Waals surface area contributed by atoms with Crippen LogP contribution in [0.4, 0.5) is 0 Å². The topological polar surface area (TPSA) is 0 Å². The van der Waals surface area contributed by atoms with E-state index in [1.807, 2.05) is 6.07 Å². The summed E-state index contributed by atoms with van der Waals surface area (Å²) in [7, 11) is 6.38. The zero-order valence-electron chi connectivity index (χ0n) is 19.4. The predicted molar refractivity (Wildman–Crippen MR) is 149 cm³/mol. The van der Waals surface area contributed by atoms with Gasteiger partial charge in [0.15, 0.2) is 0 Å². The van der Waals surface area contributed by atoms with Gasteiger partial charge in [0.05, 0.1) is 0 Å². The van der Waals surface area contributed by atoms with E-state index in [4.69, 9.17) is 7.85 Å². The van der Waals surface area contributed by atoms with Crippen molar-refractivity contribution >= 4 is 40.4 Å². The number of fused-ring (bicyclic) bond motifs is 4. The molecule has 35 heavy (non-hydrogen) atoms. The van der Waals surface area contributed by atoms with E-state index in [-0.39, 0.29) is 11.8 Å². The van der Waals surface area contributed by atoms with E-state index >= 15 is 0 Å². The molecule has 2 radical (unpaired) electrons. The third-order valence-electron chi connectivity index (χ3n) is 7.64. The zero-order valence-corrected chi connectivity index (χ0v) is 19.4. The lowest BCUT2D eigenvalue weighted by Gasteiger charge is -2.37. The van der Waals surface area contributed by atoms with Crippen LogP contribution in [0.1, 0.15) is 28.2 Å². The standard InChI is InChI=1S/C34H23B/c35-32-18-8-15-25-26(32)16-7-17-27(25)34-30-13-5-3-11-28(30)33(29-12-4-6-14-31(29)34)24-20-19-22-9-1-2-10-23(22)21-24/h1-21,28,33H/t28-,33?/m1/s1. The van der Waals surface area contributed by atoms with E-state index in [0.29, 0.717) is 0 Å². The molecule has 0 N–H and O–H groups in total. The smallest absolute Gasteiger partial charge is 0.0890 e. The lowest BCUT2D eigenvalue weighted by molar-refractivity contribution is 0.649. The zero-order chi connectivity index (χ0) is 23.4. The van der Waals surface area contributed by atoms with Crippen LogP contribution in [0.15, 0.2) is 133 Å². The maximum atomic E-state index is 6.38. The molecule has 0 saturated carbocycles. The first-order valence-electron chi connectivity index (χ1n) is 12.2. The summed E-state index contributed by atoms with van der Waals surface area (Å²) in [5.41, 5.74) is 8.82. The van der Waals surface area contributed by atoms with Crippen molar-refractivity contribution in [2.24, 2.45) is 5.92 Å². The molecule has 1 unspecified atom stereocenters. The Labute approximate surface area is 207 Å². The van der Waals surface area contributed by atoms with Gasteiger partial charge in [-0.3, -0.25) is 0 Å². The van der Waals surface area contributed by atoms with Crippen molar-refractivity contribution in [3.63, 3.8) is 0 Å². The molecule has 2 aliphatic carbocycles. The number of hydrogen-bond donors (Lipinski definition) is 0. The van der Waals surface area contributed by atoms with Gasteiger partial charge in [-0.15, -0.1) is 0 Å². The lowest BCUT2D eigenvalue weighted by atomic mass is 9.66. The molecule has 0 heterocycles. The minimum atomic E-state index is 0.260. The van der Waals surface area contributed by atoms with E-state index in [2.05, 4.69) is 121 Å². The van der Waals surface area contributed by atoms with Crippen LogP contribution in [-0.2, 0) is 0 Å². The van der Waals surface area contributed by atoms with Gasteiger partial charge in [-0.1, -0.05) is 133 Å². The largest absolute Gasteiger partial charge is 0.114 e. The van der Waals surface area contributed by atoms with Gasteiger partial charge >= 0.3 is 0 Å². The van der Waals surface area contributed by atoms with Crippen molar-refractivity contribution in [3.8, 4) is 0 Å². The van der Waals surface area contributed by atoms with Crippen LogP contribution in [0.3, 0.4) is 0 Å². The highest BCUT2D eigenvalue weighted by atomic mass is 14.4. The van der Waals surface area contributed by atoms with Crippen molar-refractivity contribution < 1.29 is 0 Å². The Morgan fingerprint density at radius 1 is 0.600 bits per heavy atom. The molecule has 0 fully saturated rings. The van der Waals surface area contributed by atoms with E-state index in [1.165, 1.54) is 49.6 Å². The first kappa shape index (κ1) is 20.3. The molecule has 5 aromatic carbocycles. The molecule has 0 aromatic heterocycles. The Bertz CT molecular complexity index is 1720. The fraction of sp³-hybridized carbons (Fsp3) is 0.0588. The van der Waals surface area contributed by atoms with Gasteiger partial charge in [-0.25, -0.2) is 0 Å². The van der Waals surface area contributed by atoms with Gasteiger partial charge in [0, 0.05) is 11.8 Å². The SMILES string of the molecule is [B]c1cccc2c(C3=C4C=CC=C[C@H]4C(c4ccc5ccccc5c4)c4ccccc43)cccc12. The molecule has 2 atom stereocenters. The first-order valence-corrected chi connectivity index (χ1v) is 12.2. The third kappa shape index (κ3) is 3.16. The monoisotopic (exact) mass is 442 g/mol. The normalized spacial score (nSPS) is 18.6. The molecule has 0 spiro atoms. The Morgan fingerprint density at radius 3 is 2.31 bits per heavy atom. The molecule has 1 heteroatoms. The summed E-state index contributed by atoms with van der Waals surface area (Å²) in [6, 6.07) is 37.3. The van der Waals surface area contributed by atoms with Crippen molar-refractivity contribution in [1.82, 2.24) is 0 Å². The molecular weight excluding hydrogens is 419 g/mol. The van der Waals surface area contributed by atoms with Gasteiger partial charge in [0.1, 0.15) is 7.85 Å². The number of rotatable bonds is 2. The second-order valence-corrected chi connectivity index (χ2v) is 9.52. The minimum absolute atomic E-state index is 0.260. The fourth-order valence-electron chi connectivity index (χ4n) is 6.08. The fourth-order valence-corrected chi connectivity index (χ4v) is 6.08. The van der Waals surface area contributed by atoms with Crippen LogP contribution in [-0.4, -0.2) is 7.85 Å². The molecule has 0 aliphatic heterocycles. The van der Waals surface area contributed by atoms with Gasteiger partial charge in [-0.05, 0) is 54.9 Å². The van der Waals surface area contributed by atoms with Gasteiger partial charge < -0.3 is 0 Å². The summed E-state index contributed by atoms with van der Waals surface area (Å²) in [4.78, 5) is 0. The Balaban J connectivity index is 1.52. The van der Waals surface area contributed by atoms with Crippen molar-refractivity contribution in [2.45, 2.75) is 5.92 Å². The summed E-state index contributed by atoms with van der Waals surface area (Å²) in [6.07, 6.45) is 9.07. The van der Waals surface area contributed by atoms with Gasteiger partial charge in [0.2, 0.25) is 0 Å². The summed E-state index contributed by atoms with van der Waals surface area (Å²) >= 11 is 0.